The van der Waals surface area contributed by atoms with Crippen molar-refractivity contribution in [2.75, 3.05) is 13.2 Å². The van der Waals surface area contributed by atoms with Crippen LogP contribution in [0, 0.1) is 6.92 Å². The Morgan fingerprint density at radius 2 is 2.33 bits per heavy atom. The molecule has 1 aliphatic heterocycles. The molecule has 2 heterocycles. The van der Waals surface area contributed by atoms with Gasteiger partial charge in [-0.2, -0.15) is 0 Å². The monoisotopic (exact) mass is 252 g/mol. The molecule has 6 nitrogen and oxygen atoms in total. The molecule has 1 aliphatic rings. The lowest BCUT2D eigenvalue weighted by molar-refractivity contribution is -0.0495. The third-order valence-corrected chi connectivity index (χ3v) is 3.07. The van der Waals surface area contributed by atoms with Crippen molar-refractivity contribution < 1.29 is 9.84 Å². The highest BCUT2D eigenvalue weighted by Crippen LogP contribution is 2.22. The molecule has 0 amide bonds. The zero-order valence-corrected chi connectivity index (χ0v) is 10.3. The van der Waals surface area contributed by atoms with E-state index in [2.05, 4.69) is 4.98 Å². The second-order valence-corrected chi connectivity index (χ2v) is 4.69. The summed E-state index contributed by atoms with van der Waals surface area (Å²) in [4.78, 5) is 25.2. The summed E-state index contributed by atoms with van der Waals surface area (Å²) >= 11 is 0. The summed E-state index contributed by atoms with van der Waals surface area (Å²) in [6.07, 6.45) is 5.05. The summed E-state index contributed by atoms with van der Waals surface area (Å²) in [6, 6.07) is -0.271. The first-order valence-electron chi connectivity index (χ1n) is 5.71. The topological polar surface area (TPSA) is 84.3 Å². The van der Waals surface area contributed by atoms with Gasteiger partial charge in [0, 0.05) is 11.8 Å². The SMILES string of the molecule is Cc1cn(C2C=C[C@@](C)(CO)OC2)c(=O)[nH]c1=O. The molecule has 0 aliphatic carbocycles. The van der Waals surface area contributed by atoms with Crippen molar-refractivity contribution in [1.29, 1.82) is 0 Å². The van der Waals surface area contributed by atoms with Crippen molar-refractivity contribution in [3.63, 3.8) is 0 Å². The molecule has 0 fully saturated rings. The van der Waals surface area contributed by atoms with Crippen LogP contribution in [0.1, 0.15) is 18.5 Å². The maximum Gasteiger partial charge on any atom is 0.328 e. The van der Waals surface area contributed by atoms with Gasteiger partial charge in [0.05, 0.1) is 19.3 Å². The summed E-state index contributed by atoms with van der Waals surface area (Å²) in [5, 5.41) is 9.15. The number of ether oxygens (including phenoxy) is 1. The molecule has 0 radical (unpaired) electrons. The van der Waals surface area contributed by atoms with Gasteiger partial charge in [0.1, 0.15) is 5.60 Å². The van der Waals surface area contributed by atoms with Crippen LogP contribution in [0.15, 0.2) is 27.9 Å². The van der Waals surface area contributed by atoms with Crippen LogP contribution in [0.2, 0.25) is 0 Å². The number of nitrogens with one attached hydrogen (secondary N) is 1. The summed E-state index contributed by atoms with van der Waals surface area (Å²) in [5.74, 6) is 0. The fraction of sp³-hybridized carbons (Fsp3) is 0.500. The number of hydrogen-bond donors (Lipinski definition) is 2. The lowest BCUT2D eigenvalue weighted by Gasteiger charge is -2.31. The number of aromatic nitrogens is 2. The van der Waals surface area contributed by atoms with Crippen LogP contribution < -0.4 is 11.2 Å². The molecule has 1 unspecified atom stereocenters. The molecule has 0 bridgehead atoms. The standard InChI is InChI=1S/C12H16N2O4/c1-8-5-14(11(17)13-10(8)16)9-3-4-12(2,7-15)18-6-9/h3-5,9,15H,6-7H2,1-2H3,(H,13,16,17)/t9?,12-/m0/s1. The van der Waals surface area contributed by atoms with Crippen molar-refractivity contribution >= 4 is 0 Å². The Hall–Kier alpha value is -1.66. The highest BCUT2D eigenvalue weighted by atomic mass is 16.5. The zero-order chi connectivity index (χ0) is 13.3. The van der Waals surface area contributed by atoms with Gasteiger partial charge in [-0.3, -0.25) is 14.3 Å². The molecule has 2 atom stereocenters. The molecule has 0 saturated heterocycles. The number of aliphatic hydroxyl groups is 1. The lowest BCUT2D eigenvalue weighted by Crippen LogP contribution is -2.40. The quantitative estimate of drug-likeness (QED) is 0.709. The maximum atomic E-state index is 11.7. The van der Waals surface area contributed by atoms with Gasteiger partial charge >= 0.3 is 5.69 Å². The molecular formula is C12H16N2O4. The van der Waals surface area contributed by atoms with Crippen molar-refractivity contribution in [3.05, 3.63) is 44.8 Å². The minimum atomic E-state index is -0.697. The third-order valence-electron chi connectivity index (χ3n) is 3.07. The Kier molecular flexibility index (Phi) is 3.23. The van der Waals surface area contributed by atoms with Gasteiger partial charge in [-0.25, -0.2) is 4.79 Å². The van der Waals surface area contributed by atoms with Crippen LogP contribution in [0.3, 0.4) is 0 Å². The average molecular weight is 252 g/mol. The highest BCUT2D eigenvalue weighted by Gasteiger charge is 2.27. The van der Waals surface area contributed by atoms with E-state index in [0.717, 1.165) is 0 Å². The molecule has 2 rings (SSSR count). The normalized spacial score (nSPS) is 27.4. The van der Waals surface area contributed by atoms with Crippen molar-refractivity contribution in [2.24, 2.45) is 0 Å². The van der Waals surface area contributed by atoms with E-state index in [1.165, 1.54) is 10.8 Å². The Balaban J connectivity index is 2.36. The van der Waals surface area contributed by atoms with Crippen LogP contribution in [0.4, 0.5) is 0 Å². The van der Waals surface area contributed by atoms with Crippen molar-refractivity contribution in [1.82, 2.24) is 9.55 Å². The molecule has 1 aromatic heterocycles. The largest absolute Gasteiger partial charge is 0.393 e. The lowest BCUT2D eigenvalue weighted by atomic mass is 10.0. The smallest absolute Gasteiger partial charge is 0.328 e. The van der Waals surface area contributed by atoms with E-state index in [0.29, 0.717) is 5.56 Å². The first-order valence-corrected chi connectivity index (χ1v) is 5.71. The Morgan fingerprint density at radius 1 is 1.61 bits per heavy atom. The average Bonchev–Trinajstić information content (AvgIpc) is 2.35. The van der Waals surface area contributed by atoms with Gasteiger partial charge in [0.2, 0.25) is 0 Å². The Labute approximate surface area is 104 Å². The van der Waals surface area contributed by atoms with E-state index in [1.54, 1.807) is 26.0 Å². The Bertz CT molecular complexity index is 586. The molecule has 98 valence electrons. The molecule has 0 spiro atoms. The van der Waals surface area contributed by atoms with Crippen LogP contribution in [0.5, 0.6) is 0 Å². The second-order valence-electron chi connectivity index (χ2n) is 4.69. The van der Waals surface area contributed by atoms with Crippen LogP contribution >= 0.6 is 0 Å². The maximum absolute atomic E-state index is 11.7. The minimum absolute atomic E-state index is 0.115. The molecule has 2 N–H and O–H groups in total. The first kappa shape index (κ1) is 12.8. The summed E-state index contributed by atoms with van der Waals surface area (Å²) in [6.45, 7) is 3.56. The second kappa shape index (κ2) is 4.55. The van der Waals surface area contributed by atoms with Gasteiger partial charge in [-0.15, -0.1) is 0 Å². The summed E-state index contributed by atoms with van der Waals surface area (Å²) in [5.41, 5.74) is -1.07. The summed E-state index contributed by atoms with van der Waals surface area (Å²) in [7, 11) is 0. The number of H-pyrrole nitrogens is 1. The molecule has 1 aromatic rings. The molecule has 6 heteroatoms. The van der Waals surface area contributed by atoms with E-state index in [-0.39, 0.29) is 24.8 Å². The number of aliphatic hydroxyl groups excluding tert-OH is 1. The highest BCUT2D eigenvalue weighted by molar-refractivity contribution is 5.10. The number of rotatable bonds is 2. The number of nitrogens with zero attached hydrogens (tertiary/aromatic N) is 1. The van der Waals surface area contributed by atoms with Crippen molar-refractivity contribution in [2.45, 2.75) is 25.5 Å². The van der Waals surface area contributed by atoms with E-state index >= 15 is 0 Å². The van der Waals surface area contributed by atoms with Gasteiger partial charge in [0.15, 0.2) is 0 Å². The van der Waals surface area contributed by atoms with Gasteiger partial charge < -0.3 is 9.84 Å². The van der Waals surface area contributed by atoms with E-state index in [4.69, 9.17) is 9.84 Å². The third kappa shape index (κ3) is 2.30. The van der Waals surface area contributed by atoms with Gasteiger partial charge in [0.25, 0.3) is 5.56 Å². The fourth-order valence-electron chi connectivity index (χ4n) is 1.80. The molecule has 18 heavy (non-hydrogen) atoms. The van der Waals surface area contributed by atoms with Crippen LogP contribution in [-0.2, 0) is 4.74 Å². The first-order chi connectivity index (χ1) is 8.45. The molecular weight excluding hydrogens is 236 g/mol. The predicted octanol–water partition coefficient (Wildman–Crippen LogP) is -0.276. The van der Waals surface area contributed by atoms with Gasteiger partial charge in [-0.1, -0.05) is 12.2 Å². The minimum Gasteiger partial charge on any atom is -0.393 e. The number of aryl methyl sites for hydroxylation is 1. The van der Waals surface area contributed by atoms with Crippen molar-refractivity contribution in [3.8, 4) is 0 Å². The van der Waals surface area contributed by atoms with Crippen LogP contribution in [0.25, 0.3) is 0 Å². The van der Waals surface area contributed by atoms with Crippen LogP contribution in [-0.4, -0.2) is 33.5 Å². The van der Waals surface area contributed by atoms with Gasteiger partial charge in [-0.05, 0) is 13.8 Å². The molecule has 0 aromatic carbocycles. The van der Waals surface area contributed by atoms with E-state index in [9.17, 15) is 9.59 Å². The zero-order valence-electron chi connectivity index (χ0n) is 10.3. The number of hydrogen-bond acceptors (Lipinski definition) is 4. The fourth-order valence-corrected chi connectivity index (χ4v) is 1.80. The number of aromatic amines is 1. The van der Waals surface area contributed by atoms with E-state index < -0.39 is 11.3 Å². The Morgan fingerprint density at radius 3 is 2.89 bits per heavy atom. The van der Waals surface area contributed by atoms with E-state index in [1.807, 2.05) is 0 Å². The predicted molar refractivity (Wildman–Crippen MR) is 65.7 cm³/mol. The molecule has 0 saturated carbocycles. The summed E-state index contributed by atoms with van der Waals surface area (Å²) < 4.78 is 6.94.